The van der Waals surface area contributed by atoms with Crippen LogP contribution in [0.1, 0.15) is 52.0 Å². The molecule has 0 aliphatic rings. The first-order valence-corrected chi connectivity index (χ1v) is 10.5. The molecule has 0 aliphatic carbocycles. The van der Waals surface area contributed by atoms with Crippen LogP contribution < -0.4 is 16.0 Å². The second kappa shape index (κ2) is 17.4. The highest BCUT2D eigenvalue weighted by molar-refractivity contribution is 5.77. The molecule has 0 spiro atoms. The van der Waals surface area contributed by atoms with Crippen molar-refractivity contribution < 1.29 is 4.79 Å². The Morgan fingerprint density at radius 1 is 1.14 bits per heavy atom. The van der Waals surface area contributed by atoms with Crippen molar-refractivity contribution in [1.82, 2.24) is 10.6 Å². The monoisotopic (exact) mass is 397 g/mol. The molecule has 0 unspecified atom stereocenters. The SMILES string of the molecule is C=CC/C(=C\NC/C=C\C)CCC(=O)NCCC(=C)c1ccccc1NC.CC. The number of para-hydroxylation sites is 1. The van der Waals surface area contributed by atoms with Gasteiger partial charge in [0.1, 0.15) is 0 Å². The van der Waals surface area contributed by atoms with Crippen LogP contribution in [0.15, 0.2) is 67.4 Å². The van der Waals surface area contributed by atoms with Crippen molar-refractivity contribution in [2.75, 3.05) is 25.5 Å². The fourth-order valence-corrected chi connectivity index (χ4v) is 2.67. The summed E-state index contributed by atoms with van der Waals surface area (Å²) in [5.41, 5.74) is 4.34. The highest BCUT2D eigenvalue weighted by Crippen LogP contribution is 2.24. The molecular formula is C25H39N3O. The van der Waals surface area contributed by atoms with Gasteiger partial charge in [-0.1, -0.05) is 62.4 Å². The van der Waals surface area contributed by atoms with Gasteiger partial charge in [-0.05, 0) is 44.0 Å². The number of rotatable bonds is 13. The van der Waals surface area contributed by atoms with Gasteiger partial charge in [-0.3, -0.25) is 4.79 Å². The summed E-state index contributed by atoms with van der Waals surface area (Å²) in [6, 6.07) is 8.06. The molecule has 0 radical (unpaired) electrons. The summed E-state index contributed by atoms with van der Waals surface area (Å²) in [6.07, 6.45) is 10.6. The molecule has 160 valence electrons. The van der Waals surface area contributed by atoms with E-state index in [2.05, 4.69) is 29.1 Å². The molecule has 4 heteroatoms. The maximum atomic E-state index is 12.1. The van der Waals surface area contributed by atoms with Gasteiger partial charge in [0.05, 0.1) is 0 Å². The third-order valence-corrected chi connectivity index (χ3v) is 4.18. The molecule has 0 saturated carbocycles. The molecule has 0 aromatic heterocycles. The van der Waals surface area contributed by atoms with E-state index in [-0.39, 0.29) is 5.91 Å². The minimum Gasteiger partial charge on any atom is -0.388 e. The van der Waals surface area contributed by atoms with Crippen LogP contribution in [0.2, 0.25) is 0 Å². The minimum absolute atomic E-state index is 0.0631. The van der Waals surface area contributed by atoms with E-state index in [1.807, 2.05) is 76.5 Å². The van der Waals surface area contributed by atoms with Gasteiger partial charge in [-0.2, -0.15) is 0 Å². The lowest BCUT2D eigenvalue weighted by Gasteiger charge is -2.12. The average molecular weight is 398 g/mol. The summed E-state index contributed by atoms with van der Waals surface area (Å²) in [5.74, 6) is 0.0631. The van der Waals surface area contributed by atoms with Crippen LogP contribution in [0.4, 0.5) is 5.69 Å². The zero-order chi connectivity index (χ0) is 21.9. The first-order valence-electron chi connectivity index (χ1n) is 10.5. The number of amides is 1. The third kappa shape index (κ3) is 11.6. The largest absolute Gasteiger partial charge is 0.388 e. The van der Waals surface area contributed by atoms with Crippen molar-refractivity contribution in [2.45, 2.75) is 46.5 Å². The number of carbonyl (C=O) groups excluding carboxylic acids is 1. The Hall–Kier alpha value is -2.75. The molecular weight excluding hydrogens is 358 g/mol. The van der Waals surface area contributed by atoms with Crippen molar-refractivity contribution in [2.24, 2.45) is 0 Å². The van der Waals surface area contributed by atoms with Crippen LogP contribution in [-0.4, -0.2) is 26.0 Å². The van der Waals surface area contributed by atoms with Gasteiger partial charge in [0, 0.05) is 37.8 Å². The smallest absolute Gasteiger partial charge is 0.220 e. The van der Waals surface area contributed by atoms with Crippen molar-refractivity contribution in [3.63, 3.8) is 0 Å². The van der Waals surface area contributed by atoms with E-state index in [0.717, 1.165) is 42.6 Å². The normalized spacial score (nSPS) is 10.7. The van der Waals surface area contributed by atoms with E-state index in [0.29, 0.717) is 13.0 Å². The van der Waals surface area contributed by atoms with Gasteiger partial charge in [-0.25, -0.2) is 0 Å². The third-order valence-electron chi connectivity index (χ3n) is 4.18. The lowest BCUT2D eigenvalue weighted by molar-refractivity contribution is -0.121. The molecule has 29 heavy (non-hydrogen) atoms. The standard InChI is InChI=1S/C23H33N3O.C2H6/c1-5-7-16-25-18-20(10-6-2)13-14-23(27)26-17-15-19(3)21-11-8-9-12-22(21)24-4;1-2/h5-9,11-12,18,24-25H,2-3,10,13-17H2,1,4H3,(H,26,27);1-2H3/b7-5-,20-18+;. The van der Waals surface area contributed by atoms with Gasteiger partial charge in [0.2, 0.25) is 5.91 Å². The highest BCUT2D eigenvalue weighted by Gasteiger charge is 2.06. The van der Waals surface area contributed by atoms with Gasteiger partial charge in [-0.15, -0.1) is 6.58 Å². The molecule has 0 aliphatic heterocycles. The van der Waals surface area contributed by atoms with Gasteiger partial charge >= 0.3 is 0 Å². The summed E-state index contributed by atoms with van der Waals surface area (Å²) in [4.78, 5) is 12.1. The zero-order valence-corrected chi connectivity index (χ0v) is 18.7. The Bertz CT molecular complexity index is 674. The molecule has 0 saturated heterocycles. The fraction of sp³-hybridized carbons (Fsp3) is 0.400. The molecule has 4 nitrogen and oxygen atoms in total. The topological polar surface area (TPSA) is 53.2 Å². The average Bonchev–Trinajstić information content (AvgIpc) is 2.76. The molecule has 0 atom stereocenters. The van der Waals surface area contributed by atoms with E-state index in [1.54, 1.807) is 0 Å². The van der Waals surface area contributed by atoms with Crippen molar-refractivity contribution in [1.29, 1.82) is 0 Å². The van der Waals surface area contributed by atoms with Gasteiger partial charge < -0.3 is 16.0 Å². The van der Waals surface area contributed by atoms with Crippen molar-refractivity contribution in [3.8, 4) is 0 Å². The quantitative estimate of drug-likeness (QED) is 0.296. The van der Waals surface area contributed by atoms with Crippen LogP contribution in [0.5, 0.6) is 0 Å². The maximum Gasteiger partial charge on any atom is 0.220 e. The number of allylic oxidation sites excluding steroid dienone is 3. The van der Waals surface area contributed by atoms with E-state index in [1.165, 1.54) is 5.57 Å². The maximum absolute atomic E-state index is 12.1. The van der Waals surface area contributed by atoms with E-state index in [4.69, 9.17) is 0 Å². The van der Waals surface area contributed by atoms with Crippen LogP contribution in [-0.2, 0) is 4.79 Å². The number of hydrogen-bond acceptors (Lipinski definition) is 3. The first kappa shape index (κ1) is 26.2. The summed E-state index contributed by atoms with van der Waals surface area (Å²) < 4.78 is 0. The Morgan fingerprint density at radius 3 is 2.52 bits per heavy atom. The van der Waals surface area contributed by atoms with Gasteiger partial charge in [0.15, 0.2) is 0 Å². The fourth-order valence-electron chi connectivity index (χ4n) is 2.67. The van der Waals surface area contributed by atoms with Crippen molar-refractivity contribution >= 4 is 17.2 Å². The number of benzene rings is 1. The molecule has 0 heterocycles. The Kier molecular flexibility index (Phi) is 15.7. The number of hydrogen-bond donors (Lipinski definition) is 3. The second-order valence-corrected chi connectivity index (χ2v) is 6.27. The summed E-state index contributed by atoms with van der Waals surface area (Å²) in [7, 11) is 1.90. The molecule has 1 amide bonds. The van der Waals surface area contributed by atoms with Gasteiger partial charge in [0.25, 0.3) is 0 Å². The summed E-state index contributed by atoms with van der Waals surface area (Å²) >= 11 is 0. The molecule has 0 bridgehead atoms. The highest BCUT2D eigenvalue weighted by atomic mass is 16.1. The van der Waals surface area contributed by atoms with Crippen LogP contribution in [0.3, 0.4) is 0 Å². The van der Waals surface area contributed by atoms with Crippen LogP contribution in [0, 0.1) is 0 Å². The van der Waals surface area contributed by atoms with E-state index >= 15 is 0 Å². The van der Waals surface area contributed by atoms with Crippen LogP contribution in [0.25, 0.3) is 5.57 Å². The molecule has 3 N–H and O–H groups in total. The lowest BCUT2D eigenvalue weighted by atomic mass is 10.0. The number of anilines is 1. The summed E-state index contributed by atoms with van der Waals surface area (Å²) in [6.45, 7) is 15.3. The second-order valence-electron chi connectivity index (χ2n) is 6.27. The Labute approximate surface area is 177 Å². The van der Waals surface area contributed by atoms with Crippen LogP contribution >= 0.6 is 0 Å². The lowest BCUT2D eigenvalue weighted by Crippen LogP contribution is -2.24. The Balaban J connectivity index is 0.00000379. The predicted octanol–water partition coefficient (Wildman–Crippen LogP) is 5.68. The number of carbonyl (C=O) groups is 1. The molecule has 1 aromatic rings. The molecule has 1 aromatic carbocycles. The van der Waals surface area contributed by atoms with Crippen molar-refractivity contribution in [3.05, 3.63) is 73.0 Å². The Morgan fingerprint density at radius 2 is 1.86 bits per heavy atom. The first-order chi connectivity index (χ1) is 14.1. The summed E-state index contributed by atoms with van der Waals surface area (Å²) in [5, 5.41) is 9.40. The molecule has 1 rings (SSSR count). The minimum atomic E-state index is 0.0631. The zero-order valence-electron chi connectivity index (χ0n) is 18.7. The number of nitrogens with one attached hydrogen (secondary N) is 3. The van der Waals surface area contributed by atoms with E-state index in [9.17, 15) is 4.79 Å². The molecule has 0 fully saturated rings. The van der Waals surface area contributed by atoms with E-state index < -0.39 is 0 Å². The predicted molar refractivity (Wildman–Crippen MR) is 129 cm³/mol.